The summed E-state index contributed by atoms with van der Waals surface area (Å²) in [7, 11) is 2.95. The summed E-state index contributed by atoms with van der Waals surface area (Å²) < 4.78 is 36.8. The minimum Gasteiger partial charge on any atom is -0.494 e. The van der Waals surface area contributed by atoms with Gasteiger partial charge in [0.25, 0.3) is 12.3 Å². The zero-order chi connectivity index (χ0) is 22.2. The summed E-state index contributed by atoms with van der Waals surface area (Å²) in [6.45, 7) is 0.456. The number of halogens is 2. The lowest BCUT2D eigenvalue weighted by Crippen LogP contribution is -2.14. The number of methoxy groups -OCH3 is 2. The molecule has 3 aromatic rings. The summed E-state index contributed by atoms with van der Waals surface area (Å²) in [6, 6.07) is 2.73. The van der Waals surface area contributed by atoms with E-state index in [0.29, 0.717) is 24.3 Å². The molecule has 11 heteroatoms. The molecule has 0 fully saturated rings. The van der Waals surface area contributed by atoms with Crippen LogP contribution in [0.4, 0.5) is 13.9 Å². The fourth-order valence-corrected chi connectivity index (χ4v) is 3.02. The third-order valence-electron chi connectivity index (χ3n) is 4.00. The number of amides is 1. The number of rotatable bonds is 7. The maximum absolute atomic E-state index is 13.3. The zero-order valence-electron chi connectivity index (χ0n) is 16.6. The van der Waals surface area contributed by atoms with Crippen molar-refractivity contribution in [3.8, 4) is 28.7 Å². The molecule has 0 aliphatic heterocycles. The van der Waals surface area contributed by atoms with Gasteiger partial charge in [0.15, 0.2) is 0 Å². The first-order chi connectivity index (χ1) is 15.0. The van der Waals surface area contributed by atoms with Crippen LogP contribution in [0.15, 0.2) is 30.0 Å². The number of aromatic nitrogens is 4. The van der Waals surface area contributed by atoms with Crippen molar-refractivity contribution in [2.24, 2.45) is 0 Å². The van der Waals surface area contributed by atoms with Gasteiger partial charge >= 0.3 is 0 Å². The predicted octanol–water partition coefficient (Wildman–Crippen LogP) is 3.58. The van der Waals surface area contributed by atoms with E-state index in [1.165, 1.54) is 31.1 Å². The first-order valence-electron chi connectivity index (χ1n) is 8.91. The standard InChI is InChI=1S/C20H17F2N5O3S/c1-29-6-4-3-5-12-7-13(14-8-16(18(21)22)24-10-17(14)30-2)15(9-23-12)19(28)26-20-27-25-11-31-20/h7-11,18H,4,6H2,1-2H3,(H,26,27,28). The van der Waals surface area contributed by atoms with Crippen LogP contribution in [0.5, 0.6) is 5.75 Å². The summed E-state index contributed by atoms with van der Waals surface area (Å²) in [5.41, 5.74) is 2.08. The van der Waals surface area contributed by atoms with E-state index in [1.807, 2.05) is 0 Å². The van der Waals surface area contributed by atoms with E-state index in [2.05, 4.69) is 37.3 Å². The second kappa shape index (κ2) is 10.5. The molecule has 0 aromatic carbocycles. The van der Waals surface area contributed by atoms with Crippen LogP contribution < -0.4 is 10.1 Å². The molecule has 0 bridgehead atoms. The van der Waals surface area contributed by atoms with Crippen LogP contribution in [0.2, 0.25) is 0 Å². The number of nitrogens with one attached hydrogen (secondary N) is 1. The number of hydrogen-bond donors (Lipinski definition) is 1. The fraction of sp³-hybridized carbons (Fsp3) is 0.250. The van der Waals surface area contributed by atoms with Crippen LogP contribution in [0, 0.1) is 11.8 Å². The van der Waals surface area contributed by atoms with Gasteiger partial charge in [-0.25, -0.2) is 13.8 Å². The maximum atomic E-state index is 13.3. The Hall–Kier alpha value is -3.49. The number of nitrogens with zero attached hydrogens (tertiary/aromatic N) is 4. The van der Waals surface area contributed by atoms with Gasteiger partial charge in [0.1, 0.15) is 22.6 Å². The number of carbonyl (C=O) groups excluding carboxylic acids is 1. The molecule has 1 amide bonds. The van der Waals surface area contributed by atoms with Crippen LogP contribution in [-0.4, -0.2) is 46.9 Å². The Bertz CT molecular complexity index is 1110. The first-order valence-corrected chi connectivity index (χ1v) is 9.79. The van der Waals surface area contributed by atoms with Crippen molar-refractivity contribution in [2.75, 3.05) is 26.1 Å². The van der Waals surface area contributed by atoms with Crippen molar-refractivity contribution in [1.29, 1.82) is 0 Å². The molecule has 0 spiro atoms. The van der Waals surface area contributed by atoms with Crippen LogP contribution in [0.3, 0.4) is 0 Å². The normalized spacial score (nSPS) is 10.5. The molecule has 0 aliphatic rings. The van der Waals surface area contributed by atoms with Gasteiger partial charge < -0.3 is 9.47 Å². The lowest BCUT2D eigenvalue weighted by molar-refractivity contribution is 0.102. The zero-order valence-corrected chi connectivity index (χ0v) is 17.4. The topological polar surface area (TPSA) is 99.1 Å². The minimum absolute atomic E-state index is 0.127. The van der Waals surface area contributed by atoms with Gasteiger partial charge in [-0.2, -0.15) is 0 Å². The van der Waals surface area contributed by atoms with Gasteiger partial charge in [0.05, 0.1) is 25.5 Å². The van der Waals surface area contributed by atoms with Crippen LogP contribution in [-0.2, 0) is 4.74 Å². The lowest BCUT2D eigenvalue weighted by Gasteiger charge is -2.14. The van der Waals surface area contributed by atoms with Gasteiger partial charge in [-0.05, 0) is 18.1 Å². The Morgan fingerprint density at radius 2 is 2.06 bits per heavy atom. The van der Waals surface area contributed by atoms with Crippen molar-refractivity contribution in [1.82, 2.24) is 20.2 Å². The van der Waals surface area contributed by atoms with Crippen molar-refractivity contribution < 1.29 is 23.0 Å². The van der Waals surface area contributed by atoms with E-state index in [1.54, 1.807) is 13.2 Å². The molecule has 0 unspecified atom stereocenters. The van der Waals surface area contributed by atoms with Crippen molar-refractivity contribution >= 4 is 22.4 Å². The highest BCUT2D eigenvalue weighted by Gasteiger charge is 2.21. The Balaban J connectivity index is 2.10. The van der Waals surface area contributed by atoms with Gasteiger partial charge in [-0.3, -0.25) is 15.1 Å². The van der Waals surface area contributed by atoms with Gasteiger partial charge in [-0.15, -0.1) is 10.2 Å². The van der Waals surface area contributed by atoms with Crippen molar-refractivity contribution in [3.05, 3.63) is 47.0 Å². The quantitative estimate of drug-likeness (QED) is 0.438. The molecule has 0 saturated carbocycles. The summed E-state index contributed by atoms with van der Waals surface area (Å²) in [5.74, 6) is 5.47. The summed E-state index contributed by atoms with van der Waals surface area (Å²) in [4.78, 5) is 20.8. The Labute approximate surface area is 180 Å². The number of hydrogen-bond acceptors (Lipinski definition) is 8. The fourth-order valence-electron chi connectivity index (χ4n) is 2.58. The second-order valence-electron chi connectivity index (χ2n) is 5.97. The summed E-state index contributed by atoms with van der Waals surface area (Å²) in [5, 5.41) is 10.3. The lowest BCUT2D eigenvalue weighted by atomic mass is 9.99. The molecule has 3 rings (SSSR count). The third kappa shape index (κ3) is 5.56. The highest BCUT2D eigenvalue weighted by Crippen LogP contribution is 2.35. The molecule has 31 heavy (non-hydrogen) atoms. The molecule has 1 N–H and O–H groups in total. The molecular formula is C20H17F2N5O3S. The van der Waals surface area contributed by atoms with E-state index in [-0.39, 0.29) is 22.0 Å². The van der Waals surface area contributed by atoms with Crippen molar-refractivity contribution in [2.45, 2.75) is 12.8 Å². The smallest absolute Gasteiger partial charge is 0.280 e. The number of anilines is 1. The van der Waals surface area contributed by atoms with Gasteiger partial charge in [0, 0.05) is 30.9 Å². The highest BCUT2D eigenvalue weighted by atomic mass is 32.1. The summed E-state index contributed by atoms with van der Waals surface area (Å²) in [6.07, 6.45) is 0.209. The maximum Gasteiger partial charge on any atom is 0.280 e. The molecule has 160 valence electrons. The summed E-state index contributed by atoms with van der Waals surface area (Å²) >= 11 is 1.14. The van der Waals surface area contributed by atoms with E-state index in [4.69, 9.17) is 9.47 Å². The first kappa shape index (κ1) is 22.2. The van der Waals surface area contributed by atoms with Crippen LogP contribution in [0.25, 0.3) is 11.1 Å². The molecule has 0 radical (unpaired) electrons. The largest absolute Gasteiger partial charge is 0.494 e. The van der Waals surface area contributed by atoms with E-state index >= 15 is 0 Å². The molecule has 0 atom stereocenters. The monoisotopic (exact) mass is 445 g/mol. The number of ether oxygens (including phenoxy) is 2. The third-order valence-corrected chi connectivity index (χ3v) is 4.61. The van der Waals surface area contributed by atoms with Crippen LogP contribution >= 0.6 is 11.3 Å². The Kier molecular flexibility index (Phi) is 7.53. The second-order valence-corrected chi connectivity index (χ2v) is 6.80. The molecule has 0 saturated heterocycles. The molecular weight excluding hydrogens is 428 g/mol. The molecule has 8 nitrogen and oxygen atoms in total. The van der Waals surface area contributed by atoms with Gasteiger partial charge in [-0.1, -0.05) is 17.3 Å². The molecule has 3 heterocycles. The SMILES string of the molecule is COCCC#Cc1cc(-c2cc(C(F)F)ncc2OC)c(C(=O)Nc2nncs2)cn1. The Morgan fingerprint density at radius 3 is 2.74 bits per heavy atom. The van der Waals surface area contributed by atoms with Crippen LogP contribution in [0.1, 0.15) is 34.6 Å². The van der Waals surface area contributed by atoms with E-state index in [0.717, 1.165) is 11.3 Å². The highest BCUT2D eigenvalue weighted by molar-refractivity contribution is 7.13. The average molecular weight is 445 g/mol. The number of pyridine rings is 2. The molecule has 0 aliphatic carbocycles. The number of alkyl halides is 2. The molecule has 3 aromatic heterocycles. The Morgan fingerprint density at radius 1 is 1.23 bits per heavy atom. The van der Waals surface area contributed by atoms with Crippen molar-refractivity contribution in [3.63, 3.8) is 0 Å². The van der Waals surface area contributed by atoms with E-state index < -0.39 is 18.0 Å². The average Bonchev–Trinajstić information content (AvgIpc) is 3.29. The minimum atomic E-state index is -2.79. The number of carbonyl (C=O) groups is 1. The van der Waals surface area contributed by atoms with Gasteiger partial charge in [0.2, 0.25) is 5.13 Å². The van der Waals surface area contributed by atoms with E-state index in [9.17, 15) is 13.6 Å². The predicted molar refractivity (Wildman–Crippen MR) is 110 cm³/mol.